The maximum atomic E-state index is 4.14. The maximum Gasteiger partial charge on any atom is -0.0203 e. The molecule has 0 aromatic rings. The van der Waals surface area contributed by atoms with Crippen LogP contribution in [-0.4, -0.2) is 0 Å². The Morgan fingerprint density at radius 3 is 2.75 bits per heavy atom. The predicted octanol–water partition coefficient (Wildman–Crippen LogP) is 5.20. The lowest BCUT2D eigenvalue weighted by atomic mass is 9.95. The van der Waals surface area contributed by atoms with Crippen LogP contribution in [-0.2, 0) is 0 Å². The molecule has 0 aromatic carbocycles. The molecule has 1 fully saturated rings. The Labute approximate surface area is 100 Å². The topological polar surface area (TPSA) is 0 Å². The SMILES string of the molecule is C=C(/C=C\C(C)=C/C)CCC1CCCC1=C. The second-order valence-electron chi connectivity index (χ2n) is 4.81. The van der Waals surface area contributed by atoms with Crippen molar-refractivity contribution >= 4 is 0 Å². The first-order valence-corrected chi connectivity index (χ1v) is 6.30. The molecule has 1 aliphatic carbocycles. The van der Waals surface area contributed by atoms with Crippen molar-refractivity contribution in [1.29, 1.82) is 0 Å². The Hall–Kier alpha value is -1.04. The molecule has 0 spiro atoms. The summed E-state index contributed by atoms with van der Waals surface area (Å²) in [4.78, 5) is 0. The molecule has 0 bridgehead atoms. The van der Waals surface area contributed by atoms with Crippen LogP contribution in [0.25, 0.3) is 0 Å². The third-order valence-corrected chi connectivity index (χ3v) is 3.48. The van der Waals surface area contributed by atoms with Gasteiger partial charge in [0.25, 0.3) is 0 Å². The maximum absolute atomic E-state index is 4.14. The predicted molar refractivity (Wildman–Crippen MR) is 73.4 cm³/mol. The fourth-order valence-electron chi connectivity index (χ4n) is 2.12. The highest BCUT2D eigenvalue weighted by Gasteiger charge is 2.18. The normalized spacial score (nSPS) is 22.0. The number of hydrogen-bond donors (Lipinski definition) is 0. The second kappa shape index (κ2) is 6.52. The fourth-order valence-corrected chi connectivity index (χ4v) is 2.12. The molecular formula is C16H24. The van der Waals surface area contributed by atoms with Gasteiger partial charge in [0.15, 0.2) is 0 Å². The Balaban J connectivity index is 2.30. The number of allylic oxidation sites excluding steroid dienone is 6. The zero-order valence-corrected chi connectivity index (χ0v) is 10.8. The summed E-state index contributed by atoms with van der Waals surface area (Å²) < 4.78 is 0. The van der Waals surface area contributed by atoms with E-state index in [0.29, 0.717) is 0 Å². The lowest BCUT2D eigenvalue weighted by Gasteiger charge is -2.10. The Morgan fingerprint density at radius 2 is 2.19 bits per heavy atom. The fraction of sp³-hybridized carbons (Fsp3) is 0.500. The van der Waals surface area contributed by atoms with Crippen LogP contribution in [0.15, 0.2) is 48.1 Å². The molecule has 88 valence electrons. The van der Waals surface area contributed by atoms with Crippen molar-refractivity contribution < 1.29 is 0 Å². The van der Waals surface area contributed by atoms with E-state index in [1.165, 1.54) is 42.4 Å². The lowest BCUT2D eigenvalue weighted by molar-refractivity contribution is 0.575. The zero-order chi connectivity index (χ0) is 12.0. The molecule has 0 nitrogen and oxygen atoms in total. The molecule has 1 saturated carbocycles. The first-order chi connectivity index (χ1) is 7.63. The average Bonchev–Trinajstić information content (AvgIpc) is 2.69. The molecule has 0 heterocycles. The average molecular weight is 216 g/mol. The van der Waals surface area contributed by atoms with E-state index >= 15 is 0 Å². The summed E-state index contributed by atoms with van der Waals surface area (Å²) in [6.07, 6.45) is 12.7. The summed E-state index contributed by atoms with van der Waals surface area (Å²) in [5, 5.41) is 0. The van der Waals surface area contributed by atoms with Gasteiger partial charge in [-0.05, 0) is 51.9 Å². The highest BCUT2D eigenvalue weighted by molar-refractivity contribution is 5.24. The Kier molecular flexibility index (Phi) is 5.31. The van der Waals surface area contributed by atoms with Gasteiger partial charge in [-0.15, -0.1) is 0 Å². The van der Waals surface area contributed by atoms with E-state index in [4.69, 9.17) is 0 Å². The van der Waals surface area contributed by atoms with Gasteiger partial charge in [0.1, 0.15) is 0 Å². The van der Waals surface area contributed by atoms with Crippen molar-refractivity contribution in [3.63, 3.8) is 0 Å². The summed E-state index contributed by atoms with van der Waals surface area (Å²) in [5.74, 6) is 0.757. The van der Waals surface area contributed by atoms with Gasteiger partial charge in [-0.1, -0.05) is 48.1 Å². The van der Waals surface area contributed by atoms with Crippen LogP contribution in [0.1, 0.15) is 46.0 Å². The molecule has 16 heavy (non-hydrogen) atoms. The van der Waals surface area contributed by atoms with Gasteiger partial charge in [-0.25, -0.2) is 0 Å². The van der Waals surface area contributed by atoms with E-state index in [0.717, 1.165) is 12.3 Å². The summed E-state index contributed by atoms with van der Waals surface area (Å²) in [6, 6.07) is 0. The summed E-state index contributed by atoms with van der Waals surface area (Å²) in [5.41, 5.74) is 3.99. The van der Waals surface area contributed by atoms with Gasteiger partial charge in [0, 0.05) is 0 Å². The van der Waals surface area contributed by atoms with Gasteiger partial charge < -0.3 is 0 Å². The summed E-state index contributed by atoms with van der Waals surface area (Å²) in [7, 11) is 0. The standard InChI is InChI=1S/C16H24/c1-5-13(2)9-10-14(3)11-12-16-8-6-7-15(16)4/h5,9-10,16H,3-4,6-8,11-12H2,1-2H3/b10-9-,13-5-. The van der Waals surface area contributed by atoms with E-state index < -0.39 is 0 Å². The minimum atomic E-state index is 0.757. The summed E-state index contributed by atoms with van der Waals surface area (Å²) in [6.45, 7) is 12.4. The third kappa shape index (κ3) is 4.22. The quantitative estimate of drug-likeness (QED) is 0.437. The number of rotatable bonds is 5. The molecule has 0 N–H and O–H groups in total. The largest absolute Gasteiger partial charge is 0.0996 e. The minimum Gasteiger partial charge on any atom is -0.0996 e. The van der Waals surface area contributed by atoms with Crippen LogP contribution in [0.5, 0.6) is 0 Å². The van der Waals surface area contributed by atoms with Crippen molar-refractivity contribution in [1.82, 2.24) is 0 Å². The molecule has 0 saturated heterocycles. The van der Waals surface area contributed by atoms with E-state index in [1.807, 2.05) is 0 Å². The smallest absolute Gasteiger partial charge is 0.0203 e. The van der Waals surface area contributed by atoms with Crippen molar-refractivity contribution in [3.8, 4) is 0 Å². The molecule has 1 rings (SSSR count). The van der Waals surface area contributed by atoms with E-state index in [9.17, 15) is 0 Å². The molecule has 0 heteroatoms. The minimum absolute atomic E-state index is 0.757. The van der Waals surface area contributed by atoms with Crippen molar-refractivity contribution in [2.45, 2.75) is 46.0 Å². The van der Waals surface area contributed by atoms with Gasteiger partial charge in [-0.3, -0.25) is 0 Å². The van der Waals surface area contributed by atoms with E-state index in [2.05, 4.69) is 45.2 Å². The molecular weight excluding hydrogens is 192 g/mol. The third-order valence-electron chi connectivity index (χ3n) is 3.48. The van der Waals surface area contributed by atoms with E-state index in [1.54, 1.807) is 0 Å². The first-order valence-electron chi connectivity index (χ1n) is 6.30. The summed E-state index contributed by atoms with van der Waals surface area (Å²) >= 11 is 0. The van der Waals surface area contributed by atoms with Crippen LogP contribution in [0.2, 0.25) is 0 Å². The second-order valence-corrected chi connectivity index (χ2v) is 4.81. The molecule has 0 amide bonds. The van der Waals surface area contributed by atoms with E-state index in [-0.39, 0.29) is 0 Å². The molecule has 1 atom stereocenters. The highest BCUT2D eigenvalue weighted by Crippen LogP contribution is 2.33. The van der Waals surface area contributed by atoms with Crippen LogP contribution < -0.4 is 0 Å². The van der Waals surface area contributed by atoms with Crippen LogP contribution in [0.3, 0.4) is 0 Å². The molecule has 1 aliphatic rings. The Morgan fingerprint density at radius 1 is 1.44 bits per heavy atom. The lowest BCUT2D eigenvalue weighted by Crippen LogP contribution is -1.95. The van der Waals surface area contributed by atoms with Crippen molar-refractivity contribution in [2.24, 2.45) is 5.92 Å². The first kappa shape index (κ1) is 13.0. The van der Waals surface area contributed by atoms with Gasteiger partial charge in [0.2, 0.25) is 0 Å². The molecule has 1 unspecified atom stereocenters. The van der Waals surface area contributed by atoms with Crippen LogP contribution in [0.4, 0.5) is 0 Å². The van der Waals surface area contributed by atoms with Gasteiger partial charge >= 0.3 is 0 Å². The van der Waals surface area contributed by atoms with Gasteiger partial charge in [0.05, 0.1) is 0 Å². The van der Waals surface area contributed by atoms with Crippen LogP contribution in [0, 0.1) is 5.92 Å². The van der Waals surface area contributed by atoms with Crippen molar-refractivity contribution in [2.75, 3.05) is 0 Å². The Bertz CT molecular complexity index is 315. The highest BCUT2D eigenvalue weighted by atomic mass is 14.2. The number of hydrogen-bond acceptors (Lipinski definition) is 0. The molecule has 0 aliphatic heterocycles. The molecule has 0 radical (unpaired) electrons. The molecule has 0 aromatic heterocycles. The van der Waals surface area contributed by atoms with Crippen molar-refractivity contribution in [3.05, 3.63) is 48.1 Å². The monoisotopic (exact) mass is 216 g/mol. The van der Waals surface area contributed by atoms with Crippen LogP contribution >= 0.6 is 0 Å². The van der Waals surface area contributed by atoms with Gasteiger partial charge in [-0.2, -0.15) is 0 Å². The zero-order valence-electron chi connectivity index (χ0n) is 10.8.